The molecule has 2 aliphatic rings. The maximum absolute atomic E-state index is 12.7. The molecule has 1 aromatic carbocycles. The summed E-state index contributed by atoms with van der Waals surface area (Å²) in [6.07, 6.45) is 0.741. The molecule has 25 heavy (non-hydrogen) atoms. The standard InChI is InChI=1S/C18H23F2N3O2/c19-16(20)11-23(15-7-8-15)18(25)12-3-5-14(6-4-12)22-9-1-2-13(10-22)17(21)24/h3-6,13,15-16H,1-2,7-11H2,(H2,21,24). The summed E-state index contributed by atoms with van der Waals surface area (Å²) in [7, 11) is 0. The molecule has 1 atom stereocenters. The number of alkyl halides is 2. The van der Waals surface area contributed by atoms with Crippen LogP contribution in [0.5, 0.6) is 0 Å². The molecule has 1 heterocycles. The first-order valence-corrected chi connectivity index (χ1v) is 8.69. The van der Waals surface area contributed by atoms with Crippen LogP contribution in [0.1, 0.15) is 36.0 Å². The maximum atomic E-state index is 12.7. The van der Waals surface area contributed by atoms with Gasteiger partial charge in [-0.25, -0.2) is 8.78 Å². The van der Waals surface area contributed by atoms with Gasteiger partial charge in [0.1, 0.15) is 0 Å². The Morgan fingerprint density at radius 1 is 1.20 bits per heavy atom. The lowest BCUT2D eigenvalue weighted by Gasteiger charge is -2.33. The van der Waals surface area contributed by atoms with Gasteiger partial charge in [-0.3, -0.25) is 9.59 Å². The summed E-state index contributed by atoms with van der Waals surface area (Å²) in [5, 5.41) is 0. The Hall–Kier alpha value is -2.18. The Kier molecular flexibility index (Phi) is 5.20. The molecule has 0 spiro atoms. The molecule has 3 rings (SSSR count). The molecular formula is C18H23F2N3O2. The van der Waals surface area contributed by atoms with Crippen molar-refractivity contribution in [3.63, 3.8) is 0 Å². The number of carbonyl (C=O) groups is 2. The molecule has 1 saturated carbocycles. The normalized spacial score (nSPS) is 20.6. The Morgan fingerprint density at radius 3 is 2.44 bits per heavy atom. The van der Waals surface area contributed by atoms with E-state index < -0.39 is 13.0 Å². The average Bonchev–Trinajstić information content (AvgIpc) is 3.44. The van der Waals surface area contributed by atoms with E-state index in [1.165, 1.54) is 4.90 Å². The lowest BCUT2D eigenvalue weighted by atomic mass is 9.97. The minimum absolute atomic E-state index is 0.0559. The SMILES string of the molecule is NC(=O)C1CCCN(c2ccc(C(=O)N(CC(F)F)C3CC3)cc2)C1. The summed E-state index contributed by atoms with van der Waals surface area (Å²) in [4.78, 5) is 27.3. The van der Waals surface area contributed by atoms with Crippen molar-refractivity contribution in [2.24, 2.45) is 11.7 Å². The summed E-state index contributed by atoms with van der Waals surface area (Å²) in [5.41, 5.74) is 6.73. The summed E-state index contributed by atoms with van der Waals surface area (Å²) in [6, 6.07) is 6.91. The zero-order chi connectivity index (χ0) is 18.0. The van der Waals surface area contributed by atoms with Crippen molar-refractivity contribution in [2.45, 2.75) is 38.2 Å². The number of anilines is 1. The minimum Gasteiger partial charge on any atom is -0.371 e. The van der Waals surface area contributed by atoms with Crippen LogP contribution in [0.3, 0.4) is 0 Å². The van der Waals surface area contributed by atoms with Gasteiger partial charge in [-0.2, -0.15) is 0 Å². The first kappa shape index (κ1) is 17.6. The van der Waals surface area contributed by atoms with Crippen LogP contribution in [0.15, 0.2) is 24.3 Å². The van der Waals surface area contributed by atoms with Crippen molar-refractivity contribution in [3.05, 3.63) is 29.8 Å². The van der Waals surface area contributed by atoms with Crippen LogP contribution in [-0.2, 0) is 4.79 Å². The number of piperidine rings is 1. The fourth-order valence-corrected chi connectivity index (χ4v) is 3.36. The number of carbonyl (C=O) groups excluding carboxylic acids is 2. The molecule has 1 aromatic rings. The van der Waals surface area contributed by atoms with Gasteiger partial charge in [0.15, 0.2) is 0 Å². The molecule has 1 aliphatic carbocycles. The monoisotopic (exact) mass is 351 g/mol. The summed E-state index contributed by atoms with van der Waals surface area (Å²) in [6.45, 7) is 0.885. The van der Waals surface area contributed by atoms with Gasteiger partial charge in [0.05, 0.1) is 12.5 Å². The molecule has 2 N–H and O–H groups in total. The van der Waals surface area contributed by atoms with Crippen molar-refractivity contribution in [1.29, 1.82) is 0 Å². The molecule has 2 fully saturated rings. The fraction of sp³-hybridized carbons (Fsp3) is 0.556. The number of rotatable bonds is 6. The van der Waals surface area contributed by atoms with Gasteiger partial charge in [0.25, 0.3) is 12.3 Å². The molecule has 5 nitrogen and oxygen atoms in total. The Labute approximate surface area is 145 Å². The number of halogens is 2. The van der Waals surface area contributed by atoms with Gasteiger partial charge < -0.3 is 15.5 Å². The fourth-order valence-electron chi connectivity index (χ4n) is 3.36. The summed E-state index contributed by atoms with van der Waals surface area (Å²) in [5.74, 6) is -0.793. The Balaban J connectivity index is 1.69. The summed E-state index contributed by atoms with van der Waals surface area (Å²) >= 11 is 0. The zero-order valence-corrected chi connectivity index (χ0v) is 14.0. The molecule has 1 unspecified atom stereocenters. The van der Waals surface area contributed by atoms with Gasteiger partial charge >= 0.3 is 0 Å². The first-order chi connectivity index (χ1) is 12.0. The second-order valence-electron chi connectivity index (χ2n) is 6.81. The molecule has 2 amide bonds. The molecule has 0 aromatic heterocycles. The highest BCUT2D eigenvalue weighted by Crippen LogP contribution is 2.29. The maximum Gasteiger partial charge on any atom is 0.255 e. The third-order valence-corrected chi connectivity index (χ3v) is 4.89. The number of primary amides is 1. The highest BCUT2D eigenvalue weighted by molar-refractivity contribution is 5.95. The van der Waals surface area contributed by atoms with E-state index in [-0.39, 0.29) is 23.8 Å². The largest absolute Gasteiger partial charge is 0.371 e. The van der Waals surface area contributed by atoms with Gasteiger partial charge in [0.2, 0.25) is 5.91 Å². The van der Waals surface area contributed by atoms with E-state index in [0.717, 1.165) is 37.9 Å². The van der Waals surface area contributed by atoms with Gasteiger partial charge in [-0.1, -0.05) is 0 Å². The number of amides is 2. The first-order valence-electron chi connectivity index (χ1n) is 8.69. The van der Waals surface area contributed by atoms with E-state index >= 15 is 0 Å². The van der Waals surface area contributed by atoms with E-state index in [9.17, 15) is 18.4 Å². The third-order valence-electron chi connectivity index (χ3n) is 4.89. The van der Waals surface area contributed by atoms with E-state index in [1.54, 1.807) is 12.1 Å². The van der Waals surface area contributed by atoms with Crippen LogP contribution in [0.2, 0.25) is 0 Å². The lowest BCUT2D eigenvalue weighted by molar-refractivity contribution is -0.122. The second kappa shape index (κ2) is 7.37. The smallest absolute Gasteiger partial charge is 0.255 e. The lowest BCUT2D eigenvalue weighted by Crippen LogP contribution is -2.41. The number of nitrogens with two attached hydrogens (primary N) is 1. The van der Waals surface area contributed by atoms with Crippen molar-refractivity contribution >= 4 is 17.5 Å². The Morgan fingerprint density at radius 2 is 1.88 bits per heavy atom. The van der Waals surface area contributed by atoms with Crippen molar-refractivity contribution in [1.82, 2.24) is 4.90 Å². The molecule has 1 saturated heterocycles. The molecule has 0 bridgehead atoms. The molecule has 7 heteroatoms. The third kappa shape index (κ3) is 4.27. The number of hydrogen-bond donors (Lipinski definition) is 1. The van der Waals surface area contributed by atoms with E-state index in [1.807, 2.05) is 12.1 Å². The highest BCUT2D eigenvalue weighted by atomic mass is 19.3. The number of benzene rings is 1. The van der Waals surface area contributed by atoms with Crippen molar-refractivity contribution < 1.29 is 18.4 Å². The summed E-state index contributed by atoms with van der Waals surface area (Å²) < 4.78 is 25.4. The van der Waals surface area contributed by atoms with E-state index in [2.05, 4.69) is 4.90 Å². The average molecular weight is 351 g/mol. The molecule has 0 radical (unpaired) electrons. The van der Waals surface area contributed by atoms with Crippen LogP contribution >= 0.6 is 0 Å². The topological polar surface area (TPSA) is 66.6 Å². The zero-order valence-electron chi connectivity index (χ0n) is 14.0. The second-order valence-corrected chi connectivity index (χ2v) is 6.81. The van der Waals surface area contributed by atoms with Gasteiger partial charge in [-0.15, -0.1) is 0 Å². The van der Waals surface area contributed by atoms with Gasteiger partial charge in [-0.05, 0) is 49.9 Å². The highest BCUT2D eigenvalue weighted by Gasteiger charge is 2.34. The van der Waals surface area contributed by atoms with Crippen LogP contribution in [0.25, 0.3) is 0 Å². The Bertz CT molecular complexity index is 632. The predicted octanol–water partition coefficient (Wildman–Crippen LogP) is 2.26. The quantitative estimate of drug-likeness (QED) is 0.855. The molecular weight excluding hydrogens is 328 g/mol. The van der Waals surface area contributed by atoms with Crippen LogP contribution in [-0.4, -0.2) is 48.8 Å². The minimum atomic E-state index is -2.53. The van der Waals surface area contributed by atoms with Gasteiger partial charge in [0, 0.05) is 30.4 Å². The van der Waals surface area contributed by atoms with E-state index in [0.29, 0.717) is 12.1 Å². The number of hydrogen-bond acceptors (Lipinski definition) is 3. The van der Waals surface area contributed by atoms with Crippen LogP contribution < -0.4 is 10.6 Å². The van der Waals surface area contributed by atoms with Crippen LogP contribution in [0, 0.1) is 5.92 Å². The molecule has 136 valence electrons. The van der Waals surface area contributed by atoms with Crippen molar-refractivity contribution in [2.75, 3.05) is 24.5 Å². The molecule has 1 aliphatic heterocycles. The van der Waals surface area contributed by atoms with Crippen LogP contribution in [0.4, 0.5) is 14.5 Å². The van der Waals surface area contributed by atoms with E-state index in [4.69, 9.17) is 5.73 Å². The van der Waals surface area contributed by atoms with Crippen molar-refractivity contribution in [3.8, 4) is 0 Å². The predicted molar refractivity (Wildman–Crippen MR) is 90.6 cm³/mol. The number of nitrogens with zero attached hydrogens (tertiary/aromatic N) is 2.